The van der Waals surface area contributed by atoms with E-state index in [-0.39, 0.29) is 0 Å². The summed E-state index contributed by atoms with van der Waals surface area (Å²) in [6.45, 7) is 25.8. The van der Waals surface area contributed by atoms with Crippen molar-refractivity contribution >= 4 is 16.3 Å². The summed E-state index contributed by atoms with van der Waals surface area (Å²) in [5, 5.41) is 0.420. The fourth-order valence-corrected chi connectivity index (χ4v) is 8.29. The molecule has 0 saturated carbocycles. The van der Waals surface area contributed by atoms with Crippen LogP contribution in [0.5, 0.6) is 0 Å². The first-order valence-electron chi connectivity index (χ1n) is 6.75. The minimum Gasteiger partial charge on any atom is -0.323 e. The maximum absolute atomic E-state index is 4.04. The SMILES string of the molecule is C=C[Si](C)(C)CN(C(C)C)[Si](C)(C)C(C)(C)C. The zero-order valence-electron chi connectivity index (χ0n) is 13.5. The average molecular weight is 272 g/mol. The molecule has 0 amide bonds. The van der Waals surface area contributed by atoms with E-state index in [9.17, 15) is 0 Å². The molecule has 0 spiro atoms. The second-order valence-corrected chi connectivity index (χ2v) is 17.6. The van der Waals surface area contributed by atoms with Crippen molar-refractivity contribution in [3.63, 3.8) is 0 Å². The van der Waals surface area contributed by atoms with Gasteiger partial charge in [-0.1, -0.05) is 60.8 Å². The molecule has 0 radical (unpaired) electrons. The molecule has 0 bridgehead atoms. The summed E-state index contributed by atoms with van der Waals surface area (Å²) in [6.07, 6.45) is 1.25. The van der Waals surface area contributed by atoms with Gasteiger partial charge in [-0.15, -0.1) is 12.3 Å². The summed E-state index contributed by atoms with van der Waals surface area (Å²) in [7, 11) is -2.67. The largest absolute Gasteiger partial charge is 0.323 e. The molecule has 1 nitrogen and oxygen atoms in total. The minimum absolute atomic E-state index is 0.420. The van der Waals surface area contributed by atoms with Gasteiger partial charge in [0.1, 0.15) is 8.24 Å². The van der Waals surface area contributed by atoms with Crippen LogP contribution in [-0.2, 0) is 0 Å². The lowest BCUT2D eigenvalue weighted by atomic mass is 10.2. The van der Waals surface area contributed by atoms with E-state index >= 15 is 0 Å². The lowest BCUT2D eigenvalue weighted by Crippen LogP contribution is -2.61. The Morgan fingerprint density at radius 3 is 1.76 bits per heavy atom. The van der Waals surface area contributed by atoms with E-state index in [0.29, 0.717) is 11.1 Å². The van der Waals surface area contributed by atoms with Gasteiger partial charge in [0, 0.05) is 0 Å². The highest BCUT2D eigenvalue weighted by molar-refractivity contribution is 6.85. The standard InChI is InChI=1S/C14H33NSi2/c1-11-16(7,8)12-15(13(2)3)17(9,10)14(4,5)6/h11,13H,1,12H2,2-10H3. The van der Waals surface area contributed by atoms with Crippen molar-refractivity contribution in [1.29, 1.82) is 0 Å². The molecule has 102 valence electrons. The highest BCUT2D eigenvalue weighted by atomic mass is 28.3. The Labute approximate surface area is 111 Å². The van der Waals surface area contributed by atoms with E-state index < -0.39 is 16.3 Å². The van der Waals surface area contributed by atoms with Crippen molar-refractivity contribution in [2.45, 2.75) is 71.9 Å². The molecule has 0 aliphatic heterocycles. The Bertz CT molecular complexity index is 262. The number of rotatable bonds is 5. The fourth-order valence-electron chi connectivity index (χ4n) is 1.96. The summed E-state index contributed by atoms with van der Waals surface area (Å²) in [4.78, 5) is 0. The van der Waals surface area contributed by atoms with E-state index in [1.165, 1.54) is 6.17 Å². The first kappa shape index (κ1) is 17.1. The lowest BCUT2D eigenvalue weighted by Gasteiger charge is -2.50. The zero-order chi connectivity index (χ0) is 14.1. The van der Waals surface area contributed by atoms with E-state index in [4.69, 9.17) is 0 Å². The fraction of sp³-hybridized carbons (Fsp3) is 0.857. The molecule has 0 aliphatic rings. The predicted octanol–water partition coefficient (Wildman–Crippen LogP) is 4.67. The van der Waals surface area contributed by atoms with Crippen LogP contribution in [0, 0.1) is 0 Å². The van der Waals surface area contributed by atoms with Gasteiger partial charge in [0.2, 0.25) is 0 Å². The molecule has 0 aromatic heterocycles. The molecule has 0 saturated heterocycles. The van der Waals surface area contributed by atoms with Crippen LogP contribution in [0.1, 0.15) is 34.6 Å². The van der Waals surface area contributed by atoms with E-state index in [0.717, 1.165) is 0 Å². The highest BCUT2D eigenvalue weighted by Crippen LogP contribution is 2.39. The number of hydrogen-bond donors (Lipinski definition) is 0. The van der Waals surface area contributed by atoms with Crippen molar-refractivity contribution in [3.05, 3.63) is 12.3 Å². The van der Waals surface area contributed by atoms with Crippen LogP contribution in [0.2, 0.25) is 31.2 Å². The van der Waals surface area contributed by atoms with E-state index in [2.05, 4.69) is 77.7 Å². The van der Waals surface area contributed by atoms with Gasteiger partial charge in [-0.25, -0.2) is 0 Å². The van der Waals surface area contributed by atoms with Crippen LogP contribution in [0.15, 0.2) is 12.3 Å². The maximum Gasteiger partial charge on any atom is 0.127 e. The Morgan fingerprint density at radius 1 is 1.12 bits per heavy atom. The average Bonchev–Trinajstić information content (AvgIpc) is 2.12. The summed E-state index contributed by atoms with van der Waals surface area (Å²) < 4.78 is 2.81. The van der Waals surface area contributed by atoms with Crippen LogP contribution in [0.25, 0.3) is 0 Å². The molecule has 0 atom stereocenters. The Kier molecular flexibility index (Phi) is 5.45. The monoisotopic (exact) mass is 271 g/mol. The molecular formula is C14H33NSi2. The Morgan fingerprint density at radius 2 is 1.53 bits per heavy atom. The Hall–Kier alpha value is 0.134. The first-order chi connectivity index (χ1) is 7.35. The molecule has 0 aliphatic carbocycles. The van der Waals surface area contributed by atoms with E-state index in [1.807, 2.05) is 0 Å². The second-order valence-electron chi connectivity index (χ2n) is 7.72. The lowest BCUT2D eigenvalue weighted by molar-refractivity contribution is 0.375. The van der Waals surface area contributed by atoms with Gasteiger partial charge in [-0.3, -0.25) is 0 Å². The van der Waals surface area contributed by atoms with Gasteiger partial charge < -0.3 is 4.57 Å². The molecule has 0 aromatic rings. The molecule has 0 aromatic carbocycles. The normalized spacial score (nSPS) is 14.5. The number of hydrogen-bond acceptors (Lipinski definition) is 1. The zero-order valence-corrected chi connectivity index (χ0v) is 15.5. The van der Waals surface area contributed by atoms with Crippen molar-refractivity contribution < 1.29 is 0 Å². The summed E-state index contributed by atoms with van der Waals surface area (Å²) in [6, 6.07) is 0.641. The summed E-state index contributed by atoms with van der Waals surface area (Å²) in [5.74, 6) is 0. The molecule has 0 unspecified atom stereocenters. The Balaban J connectivity index is 5.20. The third-order valence-electron chi connectivity index (χ3n) is 4.31. The van der Waals surface area contributed by atoms with Crippen molar-refractivity contribution in [1.82, 2.24) is 4.57 Å². The van der Waals surface area contributed by atoms with Crippen molar-refractivity contribution in [2.75, 3.05) is 6.17 Å². The second kappa shape index (κ2) is 5.41. The van der Waals surface area contributed by atoms with Gasteiger partial charge in [0.05, 0.1) is 8.07 Å². The van der Waals surface area contributed by atoms with Gasteiger partial charge >= 0.3 is 0 Å². The molecular weight excluding hydrogens is 238 g/mol. The van der Waals surface area contributed by atoms with Crippen molar-refractivity contribution in [3.8, 4) is 0 Å². The quantitative estimate of drug-likeness (QED) is 0.657. The first-order valence-corrected chi connectivity index (χ1v) is 13.0. The van der Waals surface area contributed by atoms with Crippen LogP contribution in [-0.4, -0.2) is 33.1 Å². The molecule has 0 rings (SSSR count). The van der Waals surface area contributed by atoms with Gasteiger partial charge in [-0.2, -0.15) is 0 Å². The molecule has 17 heavy (non-hydrogen) atoms. The van der Waals surface area contributed by atoms with Gasteiger partial charge in [0.15, 0.2) is 0 Å². The summed E-state index contributed by atoms with van der Waals surface area (Å²) >= 11 is 0. The maximum atomic E-state index is 4.04. The highest BCUT2D eigenvalue weighted by Gasteiger charge is 2.43. The van der Waals surface area contributed by atoms with E-state index in [1.54, 1.807) is 0 Å². The van der Waals surface area contributed by atoms with Crippen LogP contribution in [0.3, 0.4) is 0 Å². The van der Waals surface area contributed by atoms with Gasteiger partial charge in [-0.05, 0) is 17.2 Å². The molecule has 0 N–H and O–H groups in total. The minimum atomic E-state index is -1.40. The summed E-state index contributed by atoms with van der Waals surface area (Å²) in [5.41, 5.74) is 2.23. The molecule has 3 heteroatoms. The smallest absolute Gasteiger partial charge is 0.127 e. The predicted molar refractivity (Wildman–Crippen MR) is 86.7 cm³/mol. The molecule has 0 fully saturated rings. The van der Waals surface area contributed by atoms with Crippen LogP contribution in [0.4, 0.5) is 0 Å². The van der Waals surface area contributed by atoms with Crippen LogP contribution >= 0.6 is 0 Å². The third-order valence-corrected chi connectivity index (χ3v) is 12.7. The topological polar surface area (TPSA) is 3.24 Å². The third kappa shape index (κ3) is 4.38. The molecule has 0 heterocycles. The van der Waals surface area contributed by atoms with Crippen molar-refractivity contribution in [2.24, 2.45) is 0 Å². The van der Waals surface area contributed by atoms with Crippen LogP contribution < -0.4 is 0 Å². The van der Waals surface area contributed by atoms with Gasteiger partial charge in [0.25, 0.3) is 0 Å². The number of nitrogens with zero attached hydrogens (tertiary/aromatic N) is 1.